The van der Waals surface area contributed by atoms with Crippen LogP contribution < -0.4 is 9.64 Å². The van der Waals surface area contributed by atoms with E-state index in [1.807, 2.05) is 53.6 Å². The van der Waals surface area contributed by atoms with Crippen molar-refractivity contribution in [2.75, 3.05) is 24.5 Å². The number of aromatic nitrogens is 1. The Morgan fingerprint density at radius 3 is 2.65 bits per heavy atom. The number of carbonyl (C=O) groups is 2. The molecule has 2 aliphatic rings. The lowest BCUT2D eigenvalue weighted by Gasteiger charge is -2.37. The van der Waals surface area contributed by atoms with Gasteiger partial charge in [0.2, 0.25) is 5.91 Å². The minimum Gasteiger partial charge on any atom is -0.476 e. The molecule has 6 nitrogen and oxygen atoms in total. The van der Waals surface area contributed by atoms with Crippen molar-refractivity contribution in [2.45, 2.75) is 38.2 Å². The number of hydrogen-bond donors (Lipinski definition) is 1. The Bertz CT molecular complexity index is 1100. The van der Waals surface area contributed by atoms with Crippen molar-refractivity contribution in [2.24, 2.45) is 0 Å². The smallest absolute Gasteiger partial charge is 0.265 e. The van der Waals surface area contributed by atoms with Gasteiger partial charge in [0, 0.05) is 36.6 Å². The lowest BCUT2D eigenvalue weighted by Crippen LogP contribution is -2.52. The summed E-state index contributed by atoms with van der Waals surface area (Å²) >= 11 is 0. The predicted molar refractivity (Wildman–Crippen MR) is 120 cm³/mol. The predicted octanol–water partition coefficient (Wildman–Crippen LogP) is 3.91. The van der Waals surface area contributed by atoms with E-state index in [2.05, 4.69) is 11.1 Å². The van der Waals surface area contributed by atoms with Gasteiger partial charge in [-0.2, -0.15) is 0 Å². The van der Waals surface area contributed by atoms with E-state index < -0.39 is 6.10 Å². The Balaban J connectivity index is 1.33. The highest BCUT2D eigenvalue weighted by Gasteiger charge is 2.36. The Morgan fingerprint density at radius 2 is 1.77 bits per heavy atom. The topological polar surface area (TPSA) is 65.6 Å². The molecule has 0 aliphatic carbocycles. The summed E-state index contributed by atoms with van der Waals surface area (Å²) in [4.78, 5) is 33.2. The van der Waals surface area contributed by atoms with E-state index in [0.717, 1.165) is 54.5 Å². The molecule has 31 heavy (non-hydrogen) atoms. The van der Waals surface area contributed by atoms with Gasteiger partial charge in [-0.05, 0) is 49.4 Å². The molecule has 1 saturated heterocycles. The summed E-state index contributed by atoms with van der Waals surface area (Å²) in [5, 5.41) is 1.15. The van der Waals surface area contributed by atoms with Crippen molar-refractivity contribution in [1.82, 2.24) is 9.88 Å². The van der Waals surface area contributed by atoms with Gasteiger partial charge in [0.05, 0.1) is 12.2 Å². The van der Waals surface area contributed by atoms with Crippen LogP contribution in [0.2, 0.25) is 0 Å². The third-order valence-corrected chi connectivity index (χ3v) is 6.30. The normalized spacial score (nSPS) is 18.5. The molecule has 2 aliphatic heterocycles. The van der Waals surface area contributed by atoms with E-state index in [9.17, 15) is 9.59 Å². The number of nitrogens with zero attached hydrogens (tertiary/aromatic N) is 2. The van der Waals surface area contributed by atoms with Gasteiger partial charge in [-0.3, -0.25) is 9.59 Å². The second-order valence-electron chi connectivity index (χ2n) is 8.32. The Labute approximate surface area is 181 Å². The Kier molecular flexibility index (Phi) is 5.37. The van der Waals surface area contributed by atoms with E-state index in [-0.39, 0.29) is 18.4 Å². The zero-order valence-corrected chi connectivity index (χ0v) is 17.5. The summed E-state index contributed by atoms with van der Waals surface area (Å²) < 4.78 is 6.05. The third-order valence-electron chi connectivity index (χ3n) is 6.30. The molecule has 0 saturated carbocycles. The molecule has 1 atom stereocenters. The van der Waals surface area contributed by atoms with E-state index in [1.165, 1.54) is 0 Å². The van der Waals surface area contributed by atoms with Crippen LogP contribution in [-0.2, 0) is 16.0 Å². The fourth-order valence-corrected chi connectivity index (χ4v) is 4.63. The van der Waals surface area contributed by atoms with E-state index in [0.29, 0.717) is 18.6 Å². The molecule has 0 unspecified atom stereocenters. The van der Waals surface area contributed by atoms with Crippen molar-refractivity contribution in [1.29, 1.82) is 0 Å². The maximum absolute atomic E-state index is 13.3. The third kappa shape index (κ3) is 3.90. The number of nitrogens with one attached hydrogen (secondary N) is 1. The van der Waals surface area contributed by atoms with Gasteiger partial charge in [0.1, 0.15) is 5.75 Å². The zero-order chi connectivity index (χ0) is 21.2. The molecule has 3 aromatic rings. The van der Waals surface area contributed by atoms with Crippen molar-refractivity contribution in [3.63, 3.8) is 0 Å². The van der Waals surface area contributed by atoms with Gasteiger partial charge in [-0.25, -0.2) is 0 Å². The number of fused-ring (bicyclic) bond motifs is 2. The van der Waals surface area contributed by atoms with Crippen LogP contribution in [0.15, 0.2) is 54.7 Å². The quantitative estimate of drug-likeness (QED) is 0.700. The molecule has 160 valence electrons. The minimum atomic E-state index is -0.648. The number of para-hydroxylation sites is 3. The number of ether oxygens (including phenoxy) is 1. The van der Waals surface area contributed by atoms with Crippen LogP contribution in [0.3, 0.4) is 0 Å². The van der Waals surface area contributed by atoms with Gasteiger partial charge in [0.15, 0.2) is 6.10 Å². The Hall–Kier alpha value is -3.28. The summed E-state index contributed by atoms with van der Waals surface area (Å²) in [5.41, 5.74) is 2.95. The lowest BCUT2D eigenvalue weighted by atomic mass is 10.1. The standard InChI is InChI=1S/C25H27N3O3/c29-24(13-12-18-16-26-20-9-3-2-8-19(18)20)28-17-23(25(30)27-14-6-1-7-15-27)31-22-11-5-4-10-21(22)28/h2-5,8-11,16,23,26H,1,6-7,12-15,17H2/t23-/m0/s1. The number of piperidine rings is 1. The molecule has 3 heterocycles. The number of likely N-dealkylation sites (tertiary alicyclic amines) is 1. The highest BCUT2D eigenvalue weighted by Crippen LogP contribution is 2.34. The van der Waals surface area contributed by atoms with Crippen LogP contribution in [0.25, 0.3) is 10.9 Å². The fourth-order valence-electron chi connectivity index (χ4n) is 4.63. The highest BCUT2D eigenvalue weighted by molar-refractivity contribution is 5.97. The summed E-state index contributed by atoms with van der Waals surface area (Å²) in [6.45, 7) is 1.81. The summed E-state index contributed by atoms with van der Waals surface area (Å²) in [6, 6.07) is 15.6. The number of H-pyrrole nitrogens is 1. The molecule has 0 spiro atoms. The minimum absolute atomic E-state index is 0.0105. The number of hydrogen-bond acceptors (Lipinski definition) is 3. The number of rotatable bonds is 4. The van der Waals surface area contributed by atoms with Crippen LogP contribution >= 0.6 is 0 Å². The monoisotopic (exact) mass is 417 g/mol. The van der Waals surface area contributed by atoms with Crippen molar-refractivity contribution in [3.05, 3.63) is 60.3 Å². The zero-order valence-electron chi connectivity index (χ0n) is 17.5. The number of benzene rings is 2. The molecule has 2 amide bonds. The summed E-state index contributed by atoms with van der Waals surface area (Å²) in [7, 11) is 0. The van der Waals surface area contributed by atoms with Crippen molar-refractivity contribution >= 4 is 28.4 Å². The van der Waals surface area contributed by atoms with Crippen LogP contribution in [0.5, 0.6) is 5.75 Å². The number of anilines is 1. The molecular formula is C25H27N3O3. The number of carbonyl (C=O) groups excluding carboxylic acids is 2. The molecule has 0 bridgehead atoms. The van der Waals surface area contributed by atoms with Crippen LogP contribution in [-0.4, -0.2) is 47.4 Å². The first-order chi connectivity index (χ1) is 15.2. The first-order valence-electron chi connectivity index (χ1n) is 11.1. The summed E-state index contributed by atoms with van der Waals surface area (Å²) in [6.07, 6.45) is 5.58. The van der Waals surface area contributed by atoms with E-state index in [4.69, 9.17) is 4.74 Å². The molecule has 1 aromatic heterocycles. The second kappa shape index (κ2) is 8.46. The maximum Gasteiger partial charge on any atom is 0.265 e. The fraction of sp³-hybridized carbons (Fsp3) is 0.360. The average Bonchev–Trinajstić information content (AvgIpc) is 3.25. The van der Waals surface area contributed by atoms with Gasteiger partial charge in [-0.15, -0.1) is 0 Å². The van der Waals surface area contributed by atoms with Gasteiger partial charge in [0.25, 0.3) is 5.91 Å². The largest absolute Gasteiger partial charge is 0.476 e. The summed E-state index contributed by atoms with van der Waals surface area (Å²) in [5.74, 6) is 0.602. The maximum atomic E-state index is 13.3. The first kappa shape index (κ1) is 19.7. The first-order valence-corrected chi connectivity index (χ1v) is 11.1. The Morgan fingerprint density at radius 1 is 1.00 bits per heavy atom. The molecule has 5 rings (SSSR count). The number of aromatic amines is 1. The molecule has 0 radical (unpaired) electrons. The molecule has 1 N–H and O–H groups in total. The number of amides is 2. The van der Waals surface area contributed by atoms with Gasteiger partial charge < -0.3 is 19.5 Å². The van der Waals surface area contributed by atoms with Crippen LogP contribution in [0.1, 0.15) is 31.2 Å². The van der Waals surface area contributed by atoms with Crippen LogP contribution in [0, 0.1) is 0 Å². The van der Waals surface area contributed by atoms with Crippen molar-refractivity contribution < 1.29 is 14.3 Å². The second-order valence-corrected chi connectivity index (χ2v) is 8.32. The molecule has 6 heteroatoms. The SMILES string of the molecule is O=C([C@@H]1CN(C(=O)CCc2c[nH]c3ccccc23)c2ccccc2O1)N1CCCCC1. The lowest BCUT2D eigenvalue weighted by molar-refractivity contribution is -0.139. The molecule has 1 fully saturated rings. The highest BCUT2D eigenvalue weighted by atomic mass is 16.5. The van der Waals surface area contributed by atoms with Crippen molar-refractivity contribution in [3.8, 4) is 5.75 Å². The van der Waals surface area contributed by atoms with Crippen LogP contribution in [0.4, 0.5) is 5.69 Å². The molecular weight excluding hydrogens is 390 g/mol. The van der Waals surface area contributed by atoms with Gasteiger partial charge >= 0.3 is 0 Å². The van der Waals surface area contributed by atoms with Gasteiger partial charge in [-0.1, -0.05) is 30.3 Å². The van der Waals surface area contributed by atoms with E-state index >= 15 is 0 Å². The molecule has 2 aromatic carbocycles. The van der Waals surface area contributed by atoms with E-state index in [1.54, 1.807) is 4.90 Å². The number of aryl methyl sites for hydroxylation is 1. The average molecular weight is 418 g/mol.